The van der Waals surface area contributed by atoms with Crippen LogP contribution in [0.5, 0.6) is 0 Å². The third-order valence-electron chi connectivity index (χ3n) is 2.38. The van der Waals surface area contributed by atoms with E-state index in [0.717, 1.165) is 11.3 Å². The smallest absolute Gasteiger partial charge is 0.112 e. The number of hydrogen-bond donors (Lipinski definition) is 0. The molecule has 0 fully saturated rings. The molecular weight excluding hydrogens is 186 g/mol. The van der Waals surface area contributed by atoms with Crippen molar-refractivity contribution in [3.8, 4) is 6.07 Å². The van der Waals surface area contributed by atoms with Gasteiger partial charge in [-0.1, -0.05) is 30.3 Å². The summed E-state index contributed by atoms with van der Waals surface area (Å²) in [5, 5.41) is 8.81. The second kappa shape index (κ2) is 4.47. The first-order valence-electron chi connectivity index (χ1n) is 4.87. The Labute approximate surface area is 88.8 Å². The third kappa shape index (κ3) is 2.08. The van der Waals surface area contributed by atoms with Gasteiger partial charge in [-0.25, -0.2) is 0 Å². The molecule has 1 unspecified atom stereocenters. The monoisotopic (exact) mass is 197 g/mol. The van der Waals surface area contributed by atoms with Crippen molar-refractivity contribution < 1.29 is 4.42 Å². The Morgan fingerprint density at radius 2 is 1.93 bits per heavy atom. The molecular formula is C13H11NO. The van der Waals surface area contributed by atoms with Crippen LogP contribution in [0.25, 0.3) is 0 Å². The number of hydrogen-bond acceptors (Lipinski definition) is 2. The van der Waals surface area contributed by atoms with Gasteiger partial charge in [-0.3, -0.25) is 0 Å². The molecule has 0 amide bonds. The zero-order valence-electron chi connectivity index (χ0n) is 8.26. The fourth-order valence-electron chi connectivity index (χ4n) is 1.65. The Balaban J connectivity index is 2.33. The largest absolute Gasteiger partial charge is 0.469 e. The van der Waals surface area contributed by atoms with Crippen molar-refractivity contribution in [2.45, 2.75) is 12.3 Å². The van der Waals surface area contributed by atoms with E-state index in [-0.39, 0.29) is 5.92 Å². The predicted octanol–water partition coefficient (Wildman–Crippen LogP) is 3.33. The van der Waals surface area contributed by atoms with E-state index in [9.17, 15) is 0 Å². The quantitative estimate of drug-likeness (QED) is 0.756. The van der Waals surface area contributed by atoms with Gasteiger partial charge >= 0.3 is 0 Å². The molecule has 0 saturated heterocycles. The lowest BCUT2D eigenvalue weighted by molar-refractivity contribution is 0.487. The van der Waals surface area contributed by atoms with Gasteiger partial charge in [-0.05, 0) is 17.7 Å². The van der Waals surface area contributed by atoms with Gasteiger partial charge in [0, 0.05) is 6.42 Å². The molecule has 0 bridgehead atoms. The number of nitrogens with zero attached hydrogens (tertiary/aromatic N) is 1. The van der Waals surface area contributed by atoms with Gasteiger partial charge in [0.2, 0.25) is 0 Å². The van der Waals surface area contributed by atoms with Crippen LogP contribution in [-0.2, 0) is 0 Å². The van der Waals surface area contributed by atoms with Crippen LogP contribution in [0.4, 0.5) is 0 Å². The molecule has 0 aliphatic carbocycles. The minimum absolute atomic E-state index is 0.0474. The van der Waals surface area contributed by atoms with Gasteiger partial charge < -0.3 is 4.42 Å². The molecule has 0 saturated carbocycles. The zero-order valence-corrected chi connectivity index (χ0v) is 8.26. The summed E-state index contributed by atoms with van der Waals surface area (Å²) in [5.41, 5.74) is 1.12. The summed E-state index contributed by atoms with van der Waals surface area (Å²) in [4.78, 5) is 0. The molecule has 1 heterocycles. The summed E-state index contributed by atoms with van der Waals surface area (Å²) in [5.74, 6) is 0.897. The lowest BCUT2D eigenvalue weighted by Gasteiger charge is -2.10. The van der Waals surface area contributed by atoms with Crippen LogP contribution >= 0.6 is 0 Å². The Hall–Kier alpha value is -2.01. The van der Waals surface area contributed by atoms with E-state index in [4.69, 9.17) is 9.68 Å². The highest BCUT2D eigenvalue weighted by Gasteiger charge is 2.15. The fraction of sp³-hybridized carbons (Fsp3) is 0.154. The van der Waals surface area contributed by atoms with Gasteiger partial charge in [-0.2, -0.15) is 5.26 Å². The highest BCUT2D eigenvalue weighted by Crippen LogP contribution is 2.27. The molecule has 0 radical (unpaired) electrons. The molecule has 0 N–H and O–H groups in total. The molecule has 15 heavy (non-hydrogen) atoms. The molecule has 2 heteroatoms. The Bertz CT molecular complexity index is 439. The van der Waals surface area contributed by atoms with Crippen molar-refractivity contribution in [2.24, 2.45) is 0 Å². The average molecular weight is 197 g/mol. The van der Waals surface area contributed by atoms with Crippen LogP contribution in [0, 0.1) is 11.3 Å². The summed E-state index contributed by atoms with van der Waals surface area (Å²) in [6, 6.07) is 15.9. The minimum atomic E-state index is 0.0474. The maximum Gasteiger partial charge on any atom is 0.112 e. The van der Waals surface area contributed by atoms with E-state index in [1.807, 2.05) is 42.5 Å². The van der Waals surface area contributed by atoms with Crippen LogP contribution in [0.15, 0.2) is 53.1 Å². The van der Waals surface area contributed by atoms with Crippen molar-refractivity contribution >= 4 is 0 Å². The maximum absolute atomic E-state index is 8.81. The summed E-state index contributed by atoms with van der Waals surface area (Å²) < 4.78 is 5.35. The Morgan fingerprint density at radius 1 is 1.13 bits per heavy atom. The molecule has 1 atom stereocenters. The highest BCUT2D eigenvalue weighted by molar-refractivity contribution is 5.28. The van der Waals surface area contributed by atoms with Crippen LogP contribution in [0.2, 0.25) is 0 Å². The van der Waals surface area contributed by atoms with Crippen molar-refractivity contribution in [1.82, 2.24) is 0 Å². The maximum atomic E-state index is 8.81. The van der Waals surface area contributed by atoms with Crippen LogP contribution in [-0.4, -0.2) is 0 Å². The summed E-state index contributed by atoms with van der Waals surface area (Å²) in [6.45, 7) is 0. The molecule has 0 aliphatic rings. The lowest BCUT2D eigenvalue weighted by Crippen LogP contribution is -1.98. The van der Waals surface area contributed by atoms with Gasteiger partial charge in [0.1, 0.15) is 5.76 Å². The highest BCUT2D eigenvalue weighted by atomic mass is 16.3. The lowest BCUT2D eigenvalue weighted by atomic mass is 9.94. The van der Waals surface area contributed by atoms with Crippen LogP contribution < -0.4 is 0 Å². The predicted molar refractivity (Wildman–Crippen MR) is 57.2 cm³/mol. The topological polar surface area (TPSA) is 36.9 Å². The molecule has 2 nitrogen and oxygen atoms in total. The third-order valence-corrected chi connectivity index (χ3v) is 2.38. The van der Waals surface area contributed by atoms with Crippen molar-refractivity contribution in [1.29, 1.82) is 5.26 Å². The second-order valence-corrected chi connectivity index (χ2v) is 3.34. The van der Waals surface area contributed by atoms with E-state index in [2.05, 4.69) is 6.07 Å². The SMILES string of the molecule is N#CCC(c1ccccc1)c1ccco1. The van der Waals surface area contributed by atoms with E-state index >= 15 is 0 Å². The molecule has 1 aromatic carbocycles. The van der Waals surface area contributed by atoms with E-state index in [1.165, 1.54) is 0 Å². The Morgan fingerprint density at radius 3 is 2.53 bits per heavy atom. The normalized spacial score (nSPS) is 11.9. The van der Waals surface area contributed by atoms with Crippen LogP contribution in [0.3, 0.4) is 0 Å². The molecule has 0 spiro atoms. The van der Waals surface area contributed by atoms with Gasteiger partial charge in [0.15, 0.2) is 0 Å². The zero-order chi connectivity index (χ0) is 10.5. The average Bonchev–Trinajstić information content (AvgIpc) is 2.80. The first-order valence-corrected chi connectivity index (χ1v) is 4.87. The first-order chi connectivity index (χ1) is 7.42. The van der Waals surface area contributed by atoms with Crippen molar-refractivity contribution in [2.75, 3.05) is 0 Å². The fourth-order valence-corrected chi connectivity index (χ4v) is 1.65. The van der Waals surface area contributed by atoms with Crippen LogP contribution in [0.1, 0.15) is 23.7 Å². The van der Waals surface area contributed by atoms with E-state index in [0.29, 0.717) is 6.42 Å². The van der Waals surface area contributed by atoms with Crippen molar-refractivity contribution in [3.63, 3.8) is 0 Å². The number of furan rings is 1. The first kappa shape index (κ1) is 9.54. The second-order valence-electron chi connectivity index (χ2n) is 3.34. The summed E-state index contributed by atoms with van der Waals surface area (Å²) >= 11 is 0. The molecule has 2 aromatic rings. The van der Waals surface area contributed by atoms with E-state index in [1.54, 1.807) is 6.26 Å². The number of nitriles is 1. The number of benzene rings is 1. The van der Waals surface area contributed by atoms with Gasteiger partial charge in [0.25, 0.3) is 0 Å². The standard InChI is InChI=1S/C13H11NO/c14-9-8-12(13-7-4-10-15-13)11-5-2-1-3-6-11/h1-7,10,12H,8H2. The minimum Gasteiger partial charge on any atom is -0.469 e. The molecule has 0 aliphatic heterocycles. The van der Waals surface area contributed by atoms with Crippen molar-refractivity contribution in [3.05, 3.63) is 60.1 Å². The summed E-state index contributed by atoms with van der Waals surface area (Å²) in [7, 11) is 0. The molecule has 1 aromatic heterocycles. The summed E-state index contributed by atoms with van der Waals surface area (Å²) in [6.07, 6.45) is 2.08. The Kier molecular flexibility index (Phi) is 2.85. The number of rotatable bonds is 3. The molecule has 74 valence electrons. The van der Waals surface area contributed by atoms with Gasteiger partial charge in [0.05, 0.1) is 18.3 Å². The van der Waals surface area contributed by atoms with Gasteiger partial charge in [-0.15, -0.1) is 0 Å². The molecule has 2 rings (SSSR count). The van der Waals surface area contributed by atoms with E-state index < -0.39 is 0 Å².